The Morgan fingerprint density at radius 3 is 2.89 bits per heavy atom. The highest BCUT2D eigenvalue weighted by atomic mass is 35.5. The van der Waals surface area contributed by atoms with E-state index >= 15 is 0 Å². The van der Waals surface area contributed by atoms with Crippen LogP contribution >= 0.6 is 11.6 Å². The molecule has 1 aromatic rings. The number of benzene rings is 1. The van der Waals surface area contributed by atoms with Crippen LogP contribution < -0.4 is 5.73 Å². The van der Waals surface area contributed by atoms with Gasteiger partial charge in [0, 0.05) is 23.2 Å². The molecule has 0 amide bonds. The Hall–Kier alpha value is -0.640. The zero-order valence-electron chi connectivity index (χ0n) is 11.4. The van der Waals surface area contributed by atoms with Crippen molar-refractivity contribution in [2.75, 3.05) is 13.1 Å². The third-order valence-corrected chi connectivity index (χ3v) is 4.43. The molecule has 4 heteroatoms. The van der Waals surface area contributed by atoms with Crippen LogP contribution in [-0.2, 0) is 0 Å². The lowest BCUT2D eigenvalue weighted by Gasteiger charge is -2.41. The van der Waals surface area contributed by atoms with E-state index in [1.54, 1.807) is 12.1 Å². The number of hydrogen-bond donors (Lipinski definition) is 1. The highest BCUT2D eigenvalue weighted by Gasteiger charge is 2.30. The van der Waals surface area contributed by atoms with E-state index in [9.17, 15) is 4.39 Å². The minimum Gasteiger partial charge on any atom is -0.329 e. The van der Waals surface area contributed by atoms with Crippen LogP contribution in [0.2, 0.25) is 5.02 Å². The van der Waals surface area contributed by atoms with Gasteiger partial charge in [0.25, 0.3) is 0 Å². The van der Waals surface area contributed by atoms with E-state index < -0.39 is 0 Å². The van der Waals surface area contributed by atoms with Crippen molar-refractivity contribution in [2.24, 2.45) is 5.73 Å². The Morgan fingerprint density at radius 1 is 1.47 bits per heavy atom. The fourth-order valence-electron chi connectivity index (χ4n) is 3.12. The van der Waals surface area contributed by atoms with Gasteiger partial charge in [0.15, 0.2) is 0 Å². The molecule has 106 valence electrons. The van der Waals surface area contributed by atoms with Gasteiger partial charge in [-0.2, -0.15) is 0 Å². The van der Waals surface area contributed by atoms with Crippen LogP contribution in [0, 0.1) is 5.82 Å². The predicted octanol–water partition coefficient (Wildman–Crippen LogP) is 3.74. The summed E-state index contributed by atoms with van der Waals surface area (Å²) in [4.78, 5) is 2.34. The lowest BCUT2D eigenvalue weighted by Crippen LogP contribution is -2.44. The normalized spacial score (nSPS) is 22.4. The minimum atomic E-state index is -0.247. The second-order valence-corrected chi connectivity index (χ2v) is 5.59. The number of halogens is 2. The lowest BCUT2D eigenvalue weighted by molar-refractivity contribution is 0.0931. The largest absolute Gasteiger partial charge is 0.329 e. The van der Waals surface area contributed by atoms with Gasteiger partial charge in [0.2, 0.25) is 0 Å². The molecule has 1 heterocycles. The van der Waals surface area contributed by atoms with Crippen molar-refractivity contribution >= 4 is 11.6 Å². The van der Waals surface area contributed by atoms with Gasteiger partial charge in [-0.25, -0.2) is 4.39 Å². The molecule has 0 aromatic heterocycles. The number of hydrogen-bond acceptors (Lipinski definition) is 2. The van der Waals surface area contributed by atoms with Crippen molar-refractivity contribution in [3.63, 3.8) is 0 Å². The molecule has 1 saturated heterocycles. The second-order valence-electron chi connectivity index (χ2n) is 5.18. The summed E-state index contributed by atoms with van der Waals surface area (Å²) in [6, 6.07) is 5.22. The molecule has 2 N–H and O–H groups in total. The third kappa shape index (κ3) is 3.10. The van der Waals surface area contributed by atoms with E-state index in [-0.39, 0.29) is 11.9 Å². The van der Waals surface area contributed by atoms with Crippen LogP contribution in [0.4, 0.5) is 4.39 Å². The monoisotopic (exact) mass is 284 g/mol. The van der Waals surface area contributed by atoms with E-state index in [1.807, 2.05) is 0 Å². The maximum atomic E-state index is 14.1. The Balaban J connectivity index is 2.33. The number of nitrogens with zero attached hydrogens (tertiary/aromatic N) is 1. The van der Waals surface area contributed by atoms with Gasteiger partial charge in [-0.3, -0.25) is 4.90 Å². The second kappa shape index (κ2) is 6.69. The topological polar surface area (TPSA) is 29.3 Å². The molecule has 1 fully saturated rings. The quantitative estimate of drug-likeness (QED) is 0.912. The fraction of sp³-hybridized carbons (Fsp3) is 0.600. The van der Waals surface area contributed by atoms with Gasteiger partial charge in [0.05, 0.1) is 6.04 Å². The molecule has 2 rings (SSSR count). The van der Waals surface area contributed by atoms with Crippen molar-refractivity contribution in [3.05, 3.63) is 34.6 Å². The molecule has 0 bridgehead atoms. The van der Waals surface area contributed by atoms with Crippen LogP contribution in [0.3, 0.4) is 0 Å². The maximum absolute atomic E-state index is 14.1. The number of piperidine rings is 1. The average Bonchev–Trinajstić information content (AvgIpc) is 2.43. The Morgan fingerprint density at radius 2 is 2.26 bits per heavy atom. The summed E-state index contributed by atoms with van der Waals surface area (Å²) in [5.74, 6) is -0.247. The van der Waals surface area contributed by atoms with Gasteiger partial charge in [-0.05, 0) is 37.9 Å². The summed E-state index contributed by atoms with van der Waals surface area (Å²) >= 11 is 6.19. The average molecular weight is 285 g/mol. The molecule has 0 radical (unpaired) electrons. The SMILES string of the molecule is CCC1CCCCN1C(CN)c1c(F)cccc1Cl. The molecular formula is C15H22ClFN2. The van der Waals surface area contributed by atoms with Crippen LogP contribution in [0.1, 0.15) is 44.2 Å². The molecule has 0 aliphatic carbocycles. The van der Waals surface area contributed by atoms with Crippen LogP contribution in [0.25, 0.3) is 0 Å². The Kier molecular flexibility index (Phi) is 5.20. The molecule has 0 spiro atoms. The first-order chi connectivity index (χ1) is 9.19. The zero-order chi connectivity index (χ0) is 13.8. The van der Waals surface area contributed by atoms with Crippen LogP contribution in [0.5, 0.6) is 0 Å². The predicted molar refractivity (Wildman–Crippen MR) is 77.8 cm³/mol. The van der Waals surface area contributed by atoms with Gasteiger partial charge in [-0.1, -0.05) is 31.0 Å². The first-order valence-electron chi connectivity index (χ1n) is 7.08. The summed E-state index contributed by atoms with van der Waals surface area (Å²) in [5, 5.41) is 0.482. The van der Waals surface area contributed by atoms with Gasteiger partial charge in [-0.15, -0.1) is 0 Å². The van der Waals surface area contributed by atoms with E-state index in [1.165, 1.54) is 18.9 Å². The standard InChI is InChI=1S/C15H22ClFN2/c1-2-11-6-3-4-9-19(11)14(10-18)15-12(16)7-5-8-13(15)17/h5,7-8,11,14H,2-4,6,9-10,18H2,1H3. The van der Waals surface area contributed by atoms with Crippen molar-refractivity contribution in [1.29, 1.82) is 0 Å². The molecule has 0 saturated carbocycles. The minimum absolute atomic E-state index is 0.112. The van der Waals surface area contributed by atoms with Crippen molar-refractivity contribution in [3.8, 4) is 0 Å². The first kappa shape index (κ1) is 14.8. The Bertz CT molecular complexity index is 404. The van der Waals surface area contributed by atoms with Crippen molar-refractivity contribution in [1.82, 2.24) is 4.90 Å². The smallest absolute Gasteiger partial charge is 0.129 e. The molecule has 2 nitrogen and oxygen atoms in total. The van der Waals surface area contributed by atoms with Gasteiger partial charge >= 0.3 is 0 Å². The molecule has 2 atom stereocenters. The van der Waals surface area contributed by atoms with E-state index in [2.05, 4.69) is 11.8 Å². The summed E-state index contributed by atoms with van der Waals surface area (Å²) in [6.45, 7) is 3.56. The lowest BCUT2D eigenvalue weighted by atomic mass is 9.94. The highest BCUT2D eigenvalue weighted by Crippen LogP contribution is 2.34. The Labute approximate surface area is 119 Å². The van der Waals surface area contributed by atoms with Crippen molar-refractivity contribution < 1.29 is 4.39 Å². The van der Waals surface area contributed by atoms with E-state index in [0.29, 0.717) is 23.2 Å². The van der Waals surface area contributed by atoms with E-state index in [4.69, 9.17) is 17.3 Å². The zero-order valence-corrected chi connectivity index (χ0v) is 12.2. The van der Waals surface area contributed by atoms with Gasteiger partial charge < -0.3 is 5.73 Å². The first-order valence-corrected chi connectivity index (χ1v) is 7.46. The molecular weight excluding hydrogens is 263 g/mol. The van der Waals surface area contributed by atoms with Crippen LogP contribution in [0.15, 0.2) is 18.2 Å². The summed E-state index contributed by atoms with van der Waals surface area (Å²) in [6.07, 6.45) is 4.64. The number of nitrogens with two attached hydrogens (primary N) is 1. The summed E-state index contributed by atoms with van der Waals surface area (Å²) < 4.78 is 14.1. The molecule has 2 unspecified atom stereocenters. The van der Waals surface area contributed by atoms with Crippen LogP contribution in [-0.4, -0.2) is 24.0 Å². The van der Waals surface area contributed by atoms with Crippen molar-refractivity contribution in [2.45, 2.75) is 44.7 Å². The fourth-order valence-corrected chi connectivity index (χ4v) is 3.41. The summed E-state index contributed by atoms with van der Waals surface area (Å²) in [5.41, 5.74) is 6.49. The third-order valence-electron chi connectivity index (χ3n) is 4.10. The molecule has 1 aromatic carbocycles. The van der Waals surface area contributed by atoms with Gasteiger partial charge in [0.1, 0.15) is 5.82 Å². The summed E-state index contributed by atoms with van der Waals surface area (Å²) in [7, 11) is 0. The highest BCUT2D eigenvalue weighted by molar-refractivity contribution is 6.31. The van der Waals surface area contributed by atoms with E-state index in [0.717, 1.165) is 19.4 Å². The number of rotatable bonds is 4. The molecule has 1 aliphatic rings. The molecule has 1 aliphatic heterocycles. The molecule has 19 heavy (non-hydrogen) atoms. The maximum Gasteiger partial charge on any atom is 0.129 e. The number of likely N-dealkylation sites (tertiary alicyclic amines) is 1.